The molecule has 0 unspecified atom stereocenters. The van der Waals surface area contributed by atoms with Gasteiger partial charge in [0, 0.05) is 5.56 Å². The maximum absolute atomic E-state index is 12.4. The smallest absolute Gasteiger partial charge is 0.467 e. The lowest BCUT2D eigenvalue weighted by Crippen LogP contribution is -2.43. The number of hydrogen-bond acceptors (Lipinski definition) is 5. The van der Waals surface area contributed by atoms with Crippen molar-refractivity contribution in [3.05, 3.63) is 35.9 Å². The Hall–Kier alpha value is -2.58. The zero-order chi connectivity index (χ0) is 17.6. The number of carbonyl (C=O) groups excluding carboxylic acids is 3. The molecule has 0 spiro atoms. The van der Waals surface area contributed by atoms with Gasteiger partial charge in [0.25, 0.3) is 5.91 Å². The Bertz CT molecular complexity index is 574. The largest absolute Gasteiger partial charge is 0.490 e. The van der Waals surface area contributed by atoms with Gasteiger partial charge in [0.1, 0.15) is 6.04 Å². The molecule has 0 radical (unpaired) electrons. The Morgan fingerprint density at radius 1 is 1.13 bits per heavy atom. The second-order valence-electron chi connectivity index (χ2n) is 4.45. The minimum Gasteiger partial charge on any atom is -0.467 e. The Balaban J connectivity index is 2.98. The molecule has 0 aliphatic heterocycles. The minimum absolute atomic E-state index is 0.0275. The minimum atomic E-state index is -5.25. The first-order valence-electron chi connectivity index (χ1n) is 6.37. The summed E-state index contributed by atoms with van der Waals surface area (Å²) in [6, 6.07) is 6.00. The van der Waals surface area contributed by atoms with Crippen molar-refractivity contribution in [2.45, 2.75) is 25.2 Å². The van der Waals surface area contributed by atoms with Crippen molar-refractivity contribution in [1.82, 2.24) is 5.32 Å². The number of amides is 1. The van der Waals surface area contributed by atoms with Crippen LogP contribution in [-0.2, 0) is 23.9 Å². The molecule has 0 aliphatic rings. The van der Waals surface area contributed by atoms with Gasteiger partial charge in [-0.25, -0.2) is 9.59 Å². The third-order valence-corrected chi connectivity index (χ3v) is 2.71. The van der Waals surface area contributed by atoms with Crippen LogP contribution in [-0.4, -0.2) is 37.2 Å². The van der Waals surface area contributed by atoms with Gasteiger partial charge in [0.2, 0.25) is 6.10 Å². The van der Waals surface area contributed by atoms with Crippen LogP contribution in [0.2, 0.25) is 0 Å². The average Bonchev–Trinajstić information content (AvgIpc) is 2.51. The number of halogens is 3. The van der Waals surface area contributed by atoms with Crippen LogP contribution in [0.25, 0.3) is 0 Å². The molecule has 9 heteroatoms. The molecule has 0 aromatic heterocycles. The lowest BCUT2D eigenvalue weighted by Gasteiger charge is -2.20. The zero-order valence-corrected chi connectivity index (χ0v) is 12.2. The van der Waals surface area contributed by atoms with Crippen molar-refractivity contribution in [1.29, 1.82) is 0 Å². The highest BCUT2D eigenvalue weighted by Gasteiger charge is 2.44. The van der Waals surface area contributed by atoms with Crippen LogP contribution in [0.3, 0.4) is 0 Å². The number of nitrogens with one attached hydrogen (secondary N) is 1. The molecule has 23 heavy (non-hydrogen) atoms. The van der Waals surface area contributed by atoms with Gasteiger partial charge in [-0.2, -0.15) is 13.2 Å². The number of hydrogen-bond donors (Lipinski definition) is 1. The first-order chi connectivity index (χ1) is 10.7. The molecule has 0 aliphatic carbocycles. The van der Waals surface area contributed by atoms with E-state index in [-0.39, 0.29) is 5.56 Å². The monoisotopic (exact) mass is 333 g/mol. The summed E-state index contributed by atoms with van der Waals surface area (Å²) in [5, 5.41) is 2.13. The summed E-state index contributed by atoms with van der Waals surface area (Å²) in [4.78, 5) is 34.3. The summed E-state index contributed by atoms with van der Waals surface area (Å²) in [5.41, 5.74) is 0.0275. The van der Waals surface area contributed by atoms with Gasteiger partial charge in [0.05, 0.1) is 7.11 Å². The summed E-state index contributed by atoms with van der Waals surface area (Å²) in [7, 11) is 1.09. The molecular weight excluding hydrogens is 319 g/mol. The molecule has 0 bridgehead atoms. The molecule has 6 nitrogen and oxygen atoms in total. The number of ether oxygens (including phenoxy) is 2. The summed E-state index contributed by atoms with van der Waals surface area (Å²) in [6.45, 7) is 1.28. The fraction of sp³-hybridized carbons (Fsp3) is 0.357. The van der Waals surface area contributed by atoms with Crippen LogP contribution in [0, 0.1) is 0 Å². The molecule has 1 amide bonds. The Kier molecular flexibility index (Phi) is 6.11. The Morgan fingerprint density at radius 3 is 2.17 bits per heavy atom. The van der Waals surface area contributed by atoms with Gasteiger partial charge < -0.3 is 14.8 Å². The number of carbonyl (C=O) groups is 3. The van der Waals surface area contributed by atoms with Crippen molar-refractivity contribution in [3.63, 3.8) is 0 Å². The highest BCUT2D eigenvalue weighted by atomic mass is 19.4. The lowest BCUT2D eigenvalue weighted by molar-refractivity contribution is -0.205. The van der Waals surface area contributed by atoms with Crippen molar-refractivity contribution >= 4 is 17.8 Å². The van der Waals surface area contributed by atoms with E-state index < -0.39 is 36.2 Å². The van der Waals surface area contributed by atoms with Gasteiger partial charge in [-0.1, -0.05) is 30.3 Å². The van der Waals surface area contributed by atoms with Crippen molar-refractivity contribution in [2.75, 3.05) is 7.11 Å². The fourth-order valence-corrected chi connectivity index (χ4v) is 1.60. The van der Waals surface area contributed by atoms with E-state index in [1.807, 2.05) is 0 Å². The number of alkyl halides is 3. The molecular formula is C14H14F3NO5. The van der Waals surface area contributed by atoms with Crippen molar-refractivity contribution in [3.8, 4) is 0 Å². The molecule has 1 aromatic carbocycles. The van der Waals surface area contributed by atoms with Crippen LogP contribution >= 0.6 is 0 Å². The summed E-state index contributed by atoms with van der Waals surface area (Å²) in [5.74, 6) is -4.38. The third-order valence-electron chi connectivity index (χ3n) is 2.71. The molecule has 2 atom stereocenters. The second kappa shape index (κ2) is 7.61. The van der Waals surface area contributed by atoms with Gasteiger partial charge in [0.15, 0.2) is 0 Å². The fourth-order valence-electron chi connectivity index (χ4n) is 1.60. The number of esters is 2. The van der Waals surface area contributed by atoms with Gasteiger partial charge in [-0.3, -0.25) is 4.79 Å². The normalized spacial score (nSPS) is 13.6. The van der Waals surface area contributed by atoms with E-state index in [2.05, 4.69) is 14.8 Å². The highest BCUT2D eigenvalue weighted by Crippen LogP contribution is 2.24. The van der Waals surface area contributed by atoms with Crippen LogP contribution in [0.4, 0.5) is 13.2 Å². The van der Waals surface area contributed by atoms with Gasteiger partial charge >= 0.3 is 18.1 Å². The van der Waals surface area contributed by atoms with Crippen LogP contribution in [0.1, 0.15) is 18.6 Å². The van der Waals surface area contributed by atoms with Crippen LogP contribution < -0.4 is 5.32 Å². The van der Waals surface area contributed by atoms with E-state index in [9.17, 15) is 27.6 Å². The highest BCUT2D eigenvalue weighted by molar-refractivity contribution is 5.89. The summed E-state index contributed by atoms with van der Waals surface area (Å²) in [6.07, 6.45) is -7.10. The van der Waals surface area contributed by atoms with Crippen molar-refractivity contribution < 1.29 is 37.0 Å². The number of methoxy groups -OCH3 is 1. The first-order valence-corrected chi connectivity index (χ1v) is 6.37. The SMILES string of the molecule is COC(=O)[C@H](C)NC(=O)[C@@H](OC(=O)C(F)(F)F)c1ccccc1. The van der Waals surface area contributed by atoms with Crippen LogP contribution in [0.5, 0.6) is 0 Å². The topological polar surface area (TPSA) is 81.7 Å². The quantitative estimate of drug-likeness (QED) is 0.826. The maximum Gasteiger partial charge on any atom is 0.490 e. The third kappa shape index (κ3) is 5.28. The molecule has 1 N–H and O–H groups in total. The lowest BCUT2D eigenvalue weighted by atomic mass is 10.1. The molecule has 0 heterocycles. The van der Waals surface area contributed by atoms with E-state index in [1.54, 1.807) is 6.07 Å². The molecule has 1 aromatic rings. The van der Waals surface area contributed by atoms with E-state index in [4.69, 9.17) is 0 Å². The summed E-state index contributed by atoms with van der Waals surface area (Å²) < 4.78 is 45.7. The molecule has 1 rings (SSSR count). The van der Waals surface area contributed by atoms with Gasteiger partial charge in [-0.15, -0.1) is 0 Å². The Labute approximate surface area is 129 Å². The predicted molar refractivity (Wildman–Crippen MR) is 71.0 cm³/mol. The summed E-state index contributed by atoms with van der Waals surface area (Å²) >= 11 is 0. The zero-order valence-electron chi connectivity index (χ0n) is 12.2. The second-order valence-corrected chi connectivity index (χ2v) is 4.45. The maximum atomic E-state index is 12.4. The number of rotatable bonds is 5. The molecule has 0 saturated carbocycles. The van der Waals surface area contributed by atoms with Crippen molar-refractivity contribution in [2.24, 2.45) is 0 Å². The first kappa shape index (κ1) is 18.5. The standard InChI is InChI=1S/C14H14F3NO5/c1-8(12(20)22-2)18-11(19)10(9-6-4-3-5-7-9)23-13(21)14(15,16)17/h3-8,10H,1-2H3,(H,18,19)/t8-,10-/m0/s1. The van der Waals surface area contributed by atoms with E-state index in [0.29, 0.717) is 0 Å². The van der Waals surface area contributed by atoms with E-state index >= 15 is 0 Å². The molecule has 0 fully saturated rings. The van der Waals surface area contributed by atoms with Crippen LogP contribution in [0.15, 0.2) is 30.3 Å². The molecule has 0 saturated heterocycles. The van der Waals surface area contributed by atoms with Gasteiger partial charge in [-0.05, 0) is 6.92 Å². The van der Waals surface area contributed by atoms with E-state index in [1.165, 1.54) is 31.2 Å². The average molecular weight is 333 g/mol. The number of benzene rings is 1. The molecule has 126 valence electrons. The Morgan fingerprint density at radius 2 is 1.70 bits per heavy atom. The predicted octanol–water partition coefficient (Wildman–Crippen LogP) is 1.51. The van der Waals surface area contributed by atoms with E-state index in [0.717, 1.165) is 7.11 Å².